The van der Waals surface area contributed by atoms with E-state index in [1.54, 1.807) is 12.4 Å². The van der Waals surface area contributed by atoms with Crippen LogP contribution >= 0.6 is 43.5 Å². The molecule has 0 aliphatic rings. The highest BCUT2D eigenvalue weighted by Gasteiger charge is 2.12. The number of halogens is 3. The van der Waals surface area contributed by atoms with Gasteiger partial charge in [0.05, 0.1) is 5.38 Å². The van der Waals surface area contributed by atoms with Crippen LogP contribution in [0, 0.1) is 6.92 Å². The molecule has 2 heterocycles. The fraction of sp³-hybridized carbons (Fsp3) is 0.250. The van der Waals surface area contributed by atoms with Crippen LogP contribution in [-0.4, -0.2) is 15.0 Å². The molecule has 0 amide bonds. The zero-order valence-electron chi connectivity index (χ0n) is 9.78. The molecule has 2 aromatic rings. The highest BCUT2D eigenvalue weighted by Crippen LogP contribution is 2.28. The minimum Gasteiger partial charge on any atom is -0.251 e. The maximum atomic E-state index is 6.05. The van der Waals surface area contributed by atoms with E-state index in [0.717, 1.165) is 25.9 Å². The standard InChI is InChI=1S/C12H10Br2ClN3/c1-6(15)9-5-17-12(18-7(9)2)11-10(14)3-8(13)4-16-11/h3-6H,1-2H3. The first-order valence-electron chi connectivity index (χ1n) is 5.28. The van der Waals surface area contributed by atoms with Gasteiger partial charge in [-0.05, 0) is 51.8 Å². The van der Waals surface area contributed by atoms with Gasteiger partial charge in [0.2, 0.25) is 0 Å². The Bertz CT molecular complexity index is 588. The predicted octanol–water partition coefficient (Wildman–Crippen LogP) is 4.67. The summed E-state index contributed by atoms with van der Waals surface area (Å²) in [5.74, 6) is 0.591. The van der Waals surface area contributed by atoms with Crippen molar-refractivity contribution in [3.05, 3.63) is 38.7 Å². The molecule has 0 radical (unpaired) electrons. The number of hydrogen-bond donors (Lipinski definition) is 0. The van der Waals surface area contributed by atoms with E-state index in [0.29, 0.717) is 5.82 Å². The maximum Gasteiger partial charge on any atom is 0.179 e. The number of pyridine rings is 1. The smallest absolute Gasteiger partial charge is 0.179 e. The molecular weight excluding hydrogens is 381 g/mol. The van der Waals surface area contributed by atoms with Gasteiger partial charge in [-0.2, -0.15) is 0 Å². The fourth-order valence-electron chi connectivity index (χ4n) is 1.56. The Labute approximate surface area is 127 Å². The quantitative estimate of drug-likeness (QED) is 0.698. The molecule has 6 heteroatoms. The van der Waals surface area contributed by atoms with Gasteiger partial charge in [0, 0.05) is 32.6 Å². The van der Waals surface area contributed by atoms with Gasteiger partial charge in [0.15, 0.2) is 5.82 Å². The SMILES string of the molecule is Cc1nc(-c2ncc(Br)cc2Br)ncc1C(C)Cl. The molecule has 2 rings (SSSR count). The lowest BCUT2D eigenvalue weighted by Gasteiger charge is -2.09. The van der Waals surface area contributed by atoms with Crippen molar-refractivity contribution in [2.45, 2.75) is 19.2 Å². The molecule has 94 valence electrons. The number of hydrogen-bond acceptors (Lipinski definition) is 3. The molecular formula is C12H10Br2ClN3. The van der Waals surface area contributed by atoms with Crippen molar-refractivity contribution < 1.29 is 0 Å². The largest absolute Gasteiger partial charge is 0.251 e. The van der Waals surface area contributed by atoms with Crippen molar-refractivity contribution >= 4 is 43.5 Å². The summed E-state index contributed by atoms with van der Waals surface area (Å²) >= 11 is 12.9. The Morgan fingerprint density at radius 1 is 1.22 bits per heavy atom. The van der Waals surface area contributed by atoms with Crippen LogP contribution in [0.2, 0.25) is 0 Å². The predicted molar refractivity (Wildman–Crippen MR) is 79.7 cm³/mol. The van der Waals surface area contributed by atoms with E-state index in [1.165, 1.54) is 0 Å². The lowest BCUT2D eigenvalue weighted by molar-refractivity contribution is 0.970. The lowest BCUT2D eigenvalue weighted by Crippen LogP contribution is -2.00. The van der Waals surface area contributed by atoms with Gasteiger partial charge in [0.25, 0.3) is 0 Å². The van der Waals surface area contributed by atoms with Crippen LogP contribution in [0.3, 0.4) is 0 Å². The molecule has 0 saturated carbocycles. The molecule has 0 spiro atoms. The van der Waals surface area contributed by atoms with Gasteiger partial charge in [0.1, 0.15) is 5.69 Å². The van der Waals surface area contributed by atoms with E-state index in [4.69, 9.17) is 11.6 Å². The molecule has 0 aliphatic carbocycles. The molecule has 0 N–H and O–H groups in total. The van der Waals surface area contributed by atoms with Crippen LogP contribution in [0.25, 0.3) is 11.5 Å². The van der Waals surface area contributed by atoms with Gasteiger partial charge in [-0.1, -0.05) is 0 Å². The van der Waals surface area contributed by atoms with E-state index in [1.807, 2.05) is 19.9 Å². The first-order chi connectivity index (χ1) is 8.49. The Morgan fingerprint density at radius 3 is 2.50 bits per heavy atom. The summed E-state index contributed by atoms with van der Waals surface area (Å²) in [5.41, 5.74) is 2.53. The van der Waals surface area contributed by atoms with Crippen LogP contribution in [-0.2, 0) is 0 Å². The zero-order valence-corrected chi connectivity index (χ0v) is 13.7. The van der Waals surface area contributed by atoms with Gasteiger partial charge < -0.3 is 0 Å². The van der Waals surface area contributed by atoms with Gasteiger partial charge >= 0.3 is 0 Å². The average molecular weight is 391 g/mol. The number of aryl methyl sites for hydroxylation is 1. The van der Waals surface area contributed by atoms with Crippen molar-refractivity contribution in [3.8, 4) is 11.5 Å². The third kappa shape index (κ3) is 2.90. The number of aromatic nitrogens is 3. The molecule has 0 saturated heterocycles. The van der Waals surface area contributed by atoms with Crippen LogP contribution < -0.4 is 0 Å². The Morgan fingerprint density at radius 2 is 1.94 bits per heavy atom. The van der Waals surface area contributed by atoms with Crippen LogP contribution in [0.5, 0.6) is 0 Å². The highest BCUT2D eigenvalue weighted by molar-refractivity contribution is 9.11. The normalized spacial score (nSPS) is 12.5. The van der Waals surface area contributed by atoms with E-state index < -0.39 is 0 Å². The van der Waals surface area contributed by atoms with E-state index >= 15 is 0 Å². The number of alkyl halides is 1. The van der Waals surface area contributed by atoms with Crippen molar-refractivity contribution in [2.24, 2.45) is 0 Å². The van der Waals surface area contributed by atoms with E-state index in [-0.39, 0.29) is 5.38 Å². The van der Waals surface area contributed by atoms with Gasteiger partial charge in [-0.15, -0.1) is 11.6 Å². The van der Waals surface area contributed by atoms with Crippen LogP contribution in [0.15, 0.2) is 27.4 Å². The summed E-state index contributed by atoms with van der Waals surface area (Å²) in [6, 6.07) is 1.92. The number of rotatable bonds is 2. The van der Waals surface area contributed by atoms with Crippen LogP contribution in [0.1, 0.15) is 23.6 Å². The molecule has 0 aliphatic heterocycles. The first kappa shape index (κ1) is 13.9. The van der Waals surface area contributed by atoms with E-state index in [9.17, 15) is 0 Å². The summed E-state index contributed by atoms with van der Waals surface area (Å²) in [4.78, 5) is 13.1. The first-order valence-corrected chi connectivity index (χ1v) is 7.30. The maximum absolute atomic E-state index is 6.05. The Kier molecular flexibility index (Phi) is 4.35. The monoisotopic (exact) mass is 389 g/mol. The molecule has 18 heavy (non-hydrogen) atoms. The number of nitrogens with zero attached hydrogens (tertiary/aromatic N) is 3. The second-order valence-electron chi connectivity index (χ2n) is 3.83. The molecule has 0 aromatic carbocycles. The summed E-state index contributed by atoms with van der Waals surface area (Å²) in [6.07, 6.45) is 3.47. The van der Waals surface area contributed by atoms with Crippen molar-refractivity contribution in [2.75, 3.05) is 0 Å². The lowest BCUT2D eigenvalue weighted by atomic mass is 10.2. The summed E-state index contributed by atoms with van der Waals surface area (Å²) < 4.78 is 1.75. The summed E-state index contributed by atoms with van der Waals surface area (Å²) in [5, 5.41) is -0.0969. The molecule has 3 nitrogen and oxygen atoms in total. The fourth-order valence-corrected chi connectivity index (χ4v) is 2.94. The Balaban J connectivity index is 2.49. The average Bonchev–Trinajstić information content (AvgIpc) is 2.28. The van der Waals surface area contributed by atoms with Gasteiger partial charge in [-0.3, -0.25) is 4.98 Å². The molecule has 1 atom stereocenters. The van der Waals surface area contributed by atoms with Crippen molar-refractivity contribution in [1.29, 1.82) is 0 Å². The summed E-state index contributed by atoms with van der Waals surface area (Å²) in [7, 11) is 0. The minimum atomic E-state index is -0.0969. The third-order valence-electron chi connectivity index (χ3n) is 2.47. The third-order valence-corrected chi connectivity index (χ3v) is 3.74. The minimum absolute atomic E-state index is 0.0969. The second-order valence-corrected chi connectivity index (χ2v) is 6.26. The molecule has 0 bridgehead atoms. The summed E-state index contributed by atoms with van der Waals surface area (Å²) in [6.45, 7) is 3.83. The highest BCUT2D eigenvalue weighted by atomic mass is 79.9. The van der Waals surface area contributed by atoms with E-state index in [2.05, 4.69) is 46.8 Å². The van der Waals surface area contributed by atoms with Gasteiger partial charge in [-0.25, -0.2) is 9.97 Å². The zero-order chi connectivity index (χ0) is 13.3. The molecule has 1 unspecified atom stereocenters. The molecule has 2 aromatic heterocycles. The molecule has 0 fully saturated rings. The Hall–Kier alpha value is -0.520. The topological polar surface area (TPSA) is 38.7 Å². The van der Waals surface area contributed by atoms with Crippen molar-refractivity contribution in [3.63, 3.8) is 0 Å². The second kappa shape index (κ2) is 5.63. The van der Waals surface area contributed by atoms with Crippen molar-refractivity contribution in [1.82, 2.24) is 15.0 Å². The van der Waals surface area contributed by atoms with Crippen LogP contribution in [0.4, 0.5) is 0 Å².